The van der Waals surface area contributed by atoms with E-state index in [9.17, 15) is 0 Å². The Labute approximate surface area is 88.5 Å². The topological polar surface area (TPSA) is 0 Å². The molecule has 0 aliphatic rings. The molecule has 0 bridgehead atoms. The molecule has 0 aromatic carbocycles. The van der Waals surface area contributed by atoms with Gasteiger partial charge in [-0.2, -0.15) is 0 Å². The van der Waals surface area contributed by atoms with Crippen molar-refractivity contribution >= 4 is 0 Å². The first-order chi connectivity index (χ1) is 0. The minimum atomic E-state index is 0. The largest absolute Gasteiger partial charge is 1.00 e. The fourth-order valence-electron chi connectivity index (χ4n) is 0. The fraction of sp³-hybridized carbons (Fsp3) is 0. The Morgan fingerprint density at radius 2 is 1.00 bits per heavy atom. The Morgan fingerprint density at radius 1 is 1.00 bits per heavy atom. The molecule has 0 aromatic heterocycles. The van der Waals surface area contributed by atoms with E-state index in [1.165, 1.54) is 0 Å². The number of hydrogen-bond acceptors (Lipinski definition) is 0. The van der Waals surface area contributed by atoms with Crippen LogP contribution in [0, 0.1) is 0 Å². The summed E-state index contributed by atoms with van der Waals surface area (Å²) in [4.78, 5) is 0. The van der Waals surface area contributed by atoms with Gasteiger partial charge in [-0.15, -0.1) is 0 Å². The third-order valence-electron chi connectivity index (χ3n) is 0. The first-order valence-corrected chi connectivity index (χ1v) is 0. The van der Waals surface area contributed by atoms with Crippen LogP contribution in [0.25, 0.3) is 0 Å². The van der Waals surface area contributed by atoms with Crippen molar-refractivity contribution in [3.63, 3.8) is 0 Å². The average Bonchev–Trinajstić information content (AvgIpc) is 0. The molecule has 0 atom stereocenters. The first kappa shape index (κ1) is 28.6. The Balaban J connectivity index is 0. The molecule has 0 rings (SSSR count). The van der Waals surface area contributed by atoms with Gasteiger partial charge in [0.2, 0.25) is 0 Å². The van der Waals surface area contributed by atoms with Gasteiger partial charge in [0, 0.05) is 59.1 Å². The Hall–Kier alpha value is 2.90. The van der Waals surface area contributed by atoms with Crippen molar-refractivity contribution in [2.75, 3.05) is 0 Å². The van der Waals surface area contributed by atoms with Gasteiger partial charge in [0.1, 0.15) is 0 Å². The van der Waals surface area contributed by atoms with Crippen molar-refractivity contribution < 1.29 is 90.0 Å². The molecule has 0 N–H and O–H groups in total. The van der Waals surface area contributed by atoms with Crippen LogP contribution in [0.2, 0.25) is 0 Å². The number of rotatable bonds is 0. The molecule has 0 unspecified atom stereocenters. The van der Waals surface area contributed by atoms with Gasteiger partial charge in [-0.05, 0) is 0 Å². The molecular formula is HNaOs2Ru. The summed E-state index contributed by atoms with van der Waals surface area (Å²) in [7, 11) is 0. The van der Waals surface area contributed by atoms with Gasteiger partial charge >= 0.3 is 29.6 Å². The van der Waals surface area contributed by atoms with Gasteiger partial charge in [0.05, 0.1) is 0 Å². The maximum absolute atomic E-state index is 0. The summed E-state index contributed by atoms with van der Waals surface area (Å²) in [6.07, 6.45) is 0. The summed E-state index contributed by atoms with van der Waals surface area (Å²) in [6.45, 7) is 0. The van der Waals surface area contributed by atoms with Crippen LogP contribution < -0.4 is 29.6 Å². The second kappa shape index (κ2) is 16.9. The SMILES string of the molecule is [H-].[Na+].[Os].[Os].[Ru]. The molecule has 0 aliphatic heterocycles. The summed E-state index contributed by atoms with van der Waals surface area (Å²) >= 11 is 0. The van der Waals surface area contributed by atoms with E-state index in [0.717, 1.165) is 0 Å². The molecule has 4 heavy (non-hydrogen) atoms. The van der Waals surface area contributed by atoms with Crippen LogP contribution in [0.3, 0.4) is 0 Å². The Bertz CT molecular complexity index is 9.61. The normalized spacial score (nSPS) is 0. The molecule has 0 saturated heterocycles. The van der Waals surface area contributed by atoms with Crippen molar-refractivity contribution in [3.05, 3.63) is 0 Å². The van der Waals surface area contributed by atoms with Gasteiger partial charge in [0.25, 0.3) is 0 Å². The van der Waals surface area contributed by atoms with Crippen molar-refractivity contribution in [1.29, 1.82) is 0 Å². The van der Waals surface area contributed by atoms with E-state index >= 15 is 0 Å². The Kier molecular flexibility index (Phi) is 120. The molecule has 0 aromatic rings. The maximum Gasteiger partial charge on any atom is 1.00 e. The predicted molar refractivity (Wildman–Crippen MR) is 1.11 cm³/mol. The van der Waals surface area contributed by atoms with Gasteiger partial charge in [-0.1, -0.05) is 0 Å². The van der Waals surface area contributed by atoms with Crippen LogP contribution in [-0.4, -0.2) is 0 Å². The summed E-state index contributed by atoms with van der Waals surface area (Å²) in [5, 5.41) is 0. The molecule has 4 heteroatoms. The van der Waals surface area contributed by atoms with E-state index in [1.54, 1.807) is 0 Å². The first-order valence-electron chi connectivity index (χ1n) is 0. The zero-order valence-electron chi connectivity index (χ0n) is 3.06. The van der Waals surface area contributed by atoms with Crippen molar-refractivity contribution in [1.82, 2.24) is 0 Å². The molecule has 0 radical (unpaired) electrons. The third-order valence-corrected chi connectivity index (χ3v) is 0. The van der Waals surface area contributed by atoms with Crippen molar-refractivity contribution in [3.8, 4) is 0 Å². The Morgan fingerprint density at radius 3 is 1.00 bits per heavy atom. The van der Waals surface area contributed by atoms with Crippen LogP contribution in [0.4, 0.5) is 0 Å². The van der Waals surface area contributed by atoms with E-state index in [4.69, 9.17) is 0 Å². The van der Waals surface area contributed by atoms with Gasteiger partial charge < -0.3 is 1.43 Å². The zero-order valence-corrected chi connectivity index (χ0v) is 10.9. The van der Waals surface area contributed by atoms with Crippen molar-refractivity contribution in [2.24, 2.45) is 0 Å². The quantitative estimate of drug-likeness (QED) is 0.311. The zero-order chi connectivity index (χ0) is 0. The van der Waals surface area contributed by atoms with Gasteiger partial charge in [-0.3, -0.25) is 0 Å². The minimum absolute atomic E-state index is 0. The second-order valence-electron chi connectivity index (χ2n) is 0. The van der Waals surface area contributed by atoms with Crippen LogP contribution >= 0.6 is 0 Å². The van der Waals surface area contributed by atoms with Crippen LogP contribution in [0.1, 0.15) is 1.43 Å². The standard InChI is InChI=1S/Na.2Os.Ru.H/q+1;;;;-1. The minimum Gasteiger partial charge on any atom is -1.00 e. The summed E-state index contributed by atoms with van der Waals surface area (Å²) in [5.41, 5.74) is 0. The fourth-order valence-corrected chi connectivity index (χ4v) is 0. The monoisotopic (exact) mass is 510 g/mol. The van der Waals surface area contributed by atoms with E-state index in [1.807, 2.05) is 0 Å². The molecule has 0 fully saturated rings. The summed E-state index contributed by atoms with van der Waals surface area (Å²) in [6, 6.07) is 0. The molecule has 0 spiro atoms. The van der Waals surface area contributed by atoms with Crippen LogP contribution in [0.5, 0.6) is 0 Å². The van der Waals surface area contributed by atoms with Gasteiger partial charge in [-0.25, -0.2) is 0 Å². The summed E-state index contributed by atoms with van der Waals surface area (Å²) < 4.78 is 0. The predicted octanol–water partition coefficient (Wildman–Crippen LogP) is -2.89. The molecular weight excluding hydrogens is 505 g/mol. The number of hydrogen-bond donors (Lipinski definition) is 0. The van der Waals surface area contributed by atoms with E-state index < -0.39 is 0 Å². The third kappa shape index (κ3) is 8.86. The molecule has 26 valence electrons. The smallest absolute Gasteiger partial charge is 1.00 e. The average molecular weight is 506 g/mol. The molecule has 0 amide bonds. The van der Waals surface area contributed by atoms with Crippen molar-refractivity contribution in [2.45, 2.75) is 0 Å². The molecule has 0 saturated carbocycles. The second-order valence-corrected chi connectivity index (χ2v) is 0. The van der Waals surface area contributed by atoms with Gasteiger partial charge in [0.15, 0.2) is 0 Å². The summed E-state index contributed by atoms with van der Waals surface area (Å²) in [5.74, 6) is 0. The molecule has 0 aliphatic carbocycles. The van der Waals surface area contributed by atoms with Crippen LogP contribution in [-0.2, 0) is 59.1 Å². The van der Waals surface area contributed by atoms with Crippen LogP contribution in [0.15, 0.2) is 0 Å². The molecule has 0 heterocycles. The van der Waals surface area contributed by atoms with E-state index in [0.29, 0.717) is 0 Å². The van der Waals surface area contributed by atoms with E-state index in [2.05, 4.69) is 0 Å². The maximum atomic E-state index is 0. The molecule has 0 nitrogen and oxygen atoms in total. The van der Waals surface area contributed by atoms with E-state index in [-0.39, 0.29) is 90.0 Å².